The number of hydrogen-bond donors (Lipinski definition) is 1. The molecule has 0 radical (unpaired) electrons. The molecule has 57 heavy (non-hydrogen) atoms. The number of Topliss-reactive ketones (excluding diaryl/α,β-unsaturated/α-hetero) is 1. The van der Waals surface area contributed by atoms with Crippen molar-refractivity contribution in [2.24, 2.45) is 5.92 Å². The van der Waals surface area contributed by atoms with Gasteiger partial charge in [0.15, 0.2) is 17.3 Å². The lowest BCUT2D eigenvalue weighted by Gasteiger charge is -2.36. The molecule has 2 aliphatic rings. The fraction of sp³-hybridized carbons (Fsp3) is 0.378. The number of rotatable bonds is 16. The summed E-state index contributed by atoms with van der Waals surface area (Å²) in [5.41, 5.74) is 3.44. The third kappa shape index (κ3) is 8.46. The molecule has 1 unspecified atom stereocenters. The average Bonchev–Trinajstić information content (AvgIpc) is 3.87. The largest absolute Gasteiger partial charge is 0.494 e. The summed E-state index contributed by atoms with van der Waals surface area (Å²) in [4.78, 5) is 48.5. The molecule has 0 spiro atoms. The Bertz CT molecular complexity index is 2170. The molecule has 0 saturated carbocycles. The van der Waals surface area contributed by atoms with Crippen LogP contribution in [-0.4, -0.2) is 103 Å². The highest BCUT2D eigenvalue weighted by molar-refractivity contribution is 5.98. The second-order valence-corrected chi connectivity index (χ2v) is 14.9. The predicted molar refractivity (Wildman–Crippen MR) is 216 cm³/mol. The number of likely N-dealkylation sites (tertiary alicyclic amines) is 2. The molecule has 2 fully saturated rings. The number of benzene rings is 4. The summed E-state index contributed by atoms with van der Waals surface area (Å²) in [6, 6.07) is 28.1. The van der Waals surface area contributed by atoms with E-state index in [1.807, 2.05) is 39.8 Å². The molecular formula is C45H50N4O8. The van der Waals surface area contributed by atoms with E-state index in [0.717, 1.165) is 56.4 Å². The van der Waals surface area contributed by atoms with Gasteiger partial charge >= 0.3 is 5.97 Å². The molecule has 7 rings (SSSR count). The van der Waals surface area contributed by atoms with Gasteiger partial charge in [-0.2, -0.15) is 0 Å². The van der Waals surface area contributed by atoms with Gasteiger partial charge in [-0.1, -0.05) is 42.5 Å². The van der Waals surface area contributed by atoms with Crippen molar-refractivity contribution in [2.45, 2.75) is 44.1 Å². The highest BCUT2D eigenvalue weighted by Crippen LogP contribution is 2.42. The summed E-state index contributed by atoms with van der Waals surface area (Å²) in [6.07, 6.45) is 3.88. The zero-order valence-electron chi connectivity index (χ0n) is 32.8. The molecule has 1 N–H and O–H groups in total. The number of para-hydroxylation sites is 2. The SMILES string of the molecule is COc1cc(C(=O)N2CCC(CCN3CCC(C(=O)c4nc5ccccc5n4CCCOc4ccc(C(=O)O)cc4)CC3)(c3ccccc3)C2)cc(OC)c1OC. The molecule has 1 aromatic heterocycles. The highest BCUT2D eigenvalue weighted by Gasteiger charge is 2.42. The van der Waals surface area contributed by atoms with E-state index in [2.05, 4.69) is 29.2 Å². The predicted octanol–water partition coefficient (Wildman–Crippen LogP) is 7.00. The Morgan fingerprint density at radius 2 is 1.49 bits per heavy atom. The summed E-state index contributed by atoms with van der Waals surface area (Å²) in [5, 5.41) is 9.16. The maximum Gasteiger partial charge on any atom is 0.335 e. The van der Waals surface area contributed by atoms with Gasteiger partial charge < -0.3 is 38.4 Å². The second kappa shape index (κ2) is 17.5. The smallest absolute Gasteiger partial charge is 0.335 e. The number of piperidine rings is 1. The van der Waals surface area contributed by atoms with Crippen LogP contribution < -0.4 is 18.9 Å². The first-order valence-corrected chi connectivity index (χ1v) is 19.6. The van der Waals surface area contributed by atoms with Crippen LogP contribution >= 0.6 is 0 Å². The van der Waals surface area contributed by atoms with E-state index in [9.17, 15) is 14.4 Å². The number of aromatic nitrogens is 2. The number of fused-ring (bicyclic) bond motifs is 1. The first-order chi connectivity index (χ1) is 27.7. The molecule has 1 atom stereocenters. The lowest BCUT2D eigenvalue weighted by Crippen LogP contribution is -2.41. The normalized spacial score (nSPS) is 17.4. The van der Waals surface area contributed by atoms with Crippen LogP contribution in [0.15, 0.2) is 91.0 Å². The second-order valence-electron chi connectivity index (χ2n) is 14.9. The molecule has 5 aromatic rings. The number of amides is 1. The van der Waals surface area contributed by atoms with Gasteiger partial charge in [-0.05, 0) is 106 Å². The van der Waals surface area contributed by atoms with Crippen molar-refractivity contribution in [3.8, 4) is 23.0 Å². The number of carboxylic acids is 1. The van der Waals surface area contributed by atoms with Crippen LogP contribution in [0.25, 0.3) is 11.0 Å². The number of ether oxygens (including phenoxy) is 4. The number of carbonyl (C=O) groups excluding carboxylic acids is 2. The van der Waals surface area contributed by atoms with E-state index in [1.54, 1.807) is 45.6 Å². The van der Waals surface area contributed by atoms with Crippen LogP contribution in [0.1, 0.15) is 69.0 Å². The zero-order valence-corrected chi connectivity index (χ0v) is 32.8. The Balaban J connectivity index is 0.982. The molecule has 2 aliphatic heterocycles. The first-order valence-electron chi connectivity index (χ1n) is 19.6. The van der Waals surface area contributed by atoms with Gasteiger partial charge in [-0.3, -0.25) is 9.59 Å². The maximum absolute atomic E-state index is 14.1. The average molecular weight is 775 g/mol. The van der Waals surface area contributed by atoms with E-state index < -0.39 is 5.97 Å². The summed E-state index contributed by atoms with van der Waals surface area (Å²) < 4.78 is 24.5. The van der Waals surface area contributed by atoms with Crippen molar-refractivity contribution in [3.63, 3.8) is 0 Å². The van der Waals surface area contributed by atoms with Crippen LogP contribution in [0.3, 0.4) is 0 Å². The van der Waals surface area contributed by atoms with Crippen molar-refractivity contribution in [1.29, 1.82) is 0 Å². The topological polar surface area (TPSA) is 133 Å². The van der Waals surface area contributed by atoms with Crippen LogP contribution in [0.4, 0.5) is 0 Å². The van der Waals surface area contributed by atoms with Gasteiger partial charge in [0.05, 0.1) is 44.5 Å². The number of ketones is 1. The summed E-state index contributed by atoms with van der Waals surface area (Å²) in [5.74, 6) is 1.34. The van der Waals surface area contributed by atoms with Crippen molar-refractivity contribution in [1.82, 2.24) is 19.4 Å². The minimum absolute atomic E-state index is 0.0720. The fourth-order valence-corrected chi connectivity index (χ4v) is 8.38. The van der Waals surface area contributed by atoms with E-state index in [1.165, 1.54) is 17.7 Å². The van der Waals surface area contributed by atoms with Crippen LogP contribution in [0, 0.1) is 5.92 Å². The number of aryl methyl sites for hydroxylation is 1. The van der Waals surface area contributed by atoms with Gasteiger partial charge in [0, 0.05) is 36.5 Å². The number of hydrogen-bond acceptors (Lipinski definition) is 9. The maximum atomic E-state index is 14.1. The third-order valence-corrected chi connectivity index (χ3v) is 11.6. The minimum Gasteiger partial charge on any atom is -0.494 e. The summed E-state index contributed by atoms with van der Waals surface area (Å²) in [7, 11) is 4.64. The number of carboxylic acid groups (broad SMARTS) is 1. The van der Waals surface area contributed by atoms with E-state index >= 15 is 0 Å². The fourth-order valence-electron chi connectivity index (χ4n) is 8.38. The van der Waals surface area contributed by atoms with Crippen molar-refractivity contribution in [3.05, 3.63) is 114 Å². The molecule has 2 saturated heterocycles. The highest BCUT2D eigenvalue weighted by atomic mass is 16.5. The molecule has 12 nitrogen and oxygen atoms in total. The van der Waals surface area contributed by atoms with E-state index in [0.29, 0.717) is 67.0 Å². The molecule has 0 aliphatic carbocycles. The van der Waals surface area contributed by atoms with Gasteiger partial charge in [0.1, 0.15) is 5.75 Å². The van der Waals surface area contributed by atoms with Crippen molar-refractivity contribution >= 4 is 28.7 Å². The molecule has 1 amide bonds. The lowest BCUT2D eigenvalue weighted by molar-refractivity contribution is 0.0695. The molecule has 12 heteroatoms. The number of methoxy groups -OCH3 is 3. The van der Waals surface area contributed by atoms with Gasteiger partial charge in [-0.25, -0.2) is 9.78 Å². The lowest BCUT2D eigenvalue weighted by atomic mass is 9.76. The number of aromatic carboxylic acids is 1. The monoisotopic (exact) mass is 774 g/mol. The number of imidazole rings is 1. The summed E-state index contributed by atoms with van der Waals surface area (Å²) >= 11 is 0. The van der Waals surface area contributed by atoms with Crippen molar-refractivity contribution < 1.29 is 38.4 Å². The molecular weight excluding hydrogens is 725 g/mol. The standard InChI is InChI=1S/C45H50N4O8/c1-54-38-28-33(29-39(55-2)41(38)56-3)43(51)48-26-21-45(30-48,34-10-5-4-6-11-34)20-25-47-23-18-31(19-24-47)40(50)42-46-36-12-7-8-13-37(36)49(42)22-9-27-57-35-16-14-32(15-17-35)44(52)53/h4-8,10-17,28-29,31H,9,18-27,30H2,1-3H3,(H,52,53). The quantitative estimate of drug-likeness (QED) is 0.0826. The number of nitrogens with zero attached hydrogens (tertiary/aromatic N) is 4. The molecule has 0 bridgehead atoms. The van der Waals surface area contributed by atoms with Crippen molar-refractivity contribution in [2.75, 3.05) is 60.7 Å². The van der Waals surface area contributed by atoms with E-state index in [-0.39, 0.29) is 28.6 Å². The Kier molecular flexibility index (Phi) is 12.1. The van der Waals surface area contributed by atoms with Gasteiger partial charge in [0.2, 0.25) is 11.5 Å². The molecule has 298 valence electrons. The minimum atomic E-state index is -0.978. The Labute approximate surface area is 332 Å². The first kappa shape index (κ1) is 39.4. The Hall–Kier alpha value is -5.88. The molecule has 4 aromatic carbocycles. The third-order valence-electron chi connectivity index (χ3n) is 11.6. The van der Waals surface area contributed by atoms with E-state index in [4.69, 9.17) is 29.0 Å². The van der Waals surface area contributed by atoms with Crippen LogP contribution in [-0.2, 0) is 12.0 Å². The van der Waals surface area contributed by atoms with Crippen LogP contribution in [0.2, 0.25) is 0 Å². The Morgan fingerprint density at radius 3 is 2.16 bits per heavy atom. The Morgan fingerprint density at radius 1 is 0.807 bits per heavy atom. The molecule has 3 heterocycles. The van der Waals surface area contributed by atoms with Gasteiger partial charge in [0.25, 0.3) is 5.91 Å². The van der Waals surface area contributed by atoms with Gasteiger partial charge in [-0.15, -0.1) is 0 Å². The zero-order chi connectivity index (χ0) is 39.9. The van der Waals surface area contributed by atoms with Crippen LogP contribution in [0.5, 0.6) is 23.0 Å². The number of carbonyl (C=O) groups is 3. The summed E-state index contributed by atoms with van der Waals surface area (Å²) in [6.45, 7) is 4.68.